The maximum absolute atomic E-state index is 5.62. The largest absolute Gasteiger partial charge is 0.478 e. The number of ether oxygens (including phenoxy) is 1. The molecular weight excluding hydrogens is 298 g/mol. The minimum Gasteiger partial charge on any atom is -0.478 e. The van der Waals surface area contributed by atoms with E-state index in [1.807, 2.05) is 13.0 Å². The van der Waals surface area contributed by atoms with Crippen molar-refractivity contribution in [3.8, 4) is 5.88 Å². The SMILES string of the molecule is CCOc1ccc(Nc2nc(N)cc(Br)n2)cn1. The van der Waals surface area contributed by atoms with Gasteiger partial charge in [-0.05, 0) is 28.9 Å². The monoisotopic (exact) mass is 309 g/mol. The Hall–Kier alpha value is -1.89. The second kappa shape index (κ2) is 5.63. The van der Waals surface area contributed by atoms with E-state index in [1.165, 1.54) is 0 Å². The summed E-state index contributed by atoms with van der Waals surface area (Å²) < 4.78 is 5.87. The normalized spacial score (nSPS) is 10.1. The molecule has 0 unspecified atom stereocenters. The lowest BCUT2D eigenvalue weighted by Crippen LogP contribution is -2.01. The summed E-state index contributed by atoms with van der Waals surface area (Å²) in [5.41, 5.74) is 6.38. The Bertz CT molecular complexity index is 511. The second-order valence-corrected chi connectivity index (χ2v) is 4.19. The van der Waals surface area contributed by atoms with Crippen LogP contribution in [-0.2, 0) is 0 Å². The molecule has 6 nitrogen and oxygen atoms in total. The number of halogens is 1. The minimum absolute atomic E-state index is 0.387. The van der Waals surface area contributed by atoms with Crippen LogP contribution in [0.5, 0.6) is 5.88 Å². The van der Waals surface area contributed by atoms with Gasteiger partial charge in [-0.1, -0.05) is 0 Å². The average Bonchev–Trinajstić information content (AvgIpc) is 2.31. The molecule has 0 saturated heterocycles. The summed E-state index contributed by atoms with van der Waals surface area (Å²) in [6.45, 7) is 2.50. The molecule has 0 radical (unpaired) electrons. The Morgan fingerprint density at radius 3 is 2.83 bits per heavy atom. The van der Waals surface area contributed by atoms with Crippen LogP contribution in [-0.4, -0.2) is 21.6 Å². The van der Waals surface area contributed by atoms with Gasteiger partial charge >= 0.3 is 0 Å². The van der Waals surface area contributed by atoms with Crippen LogP contribution in [0.15, 0.2) is 29.0 Å². The van der Waals surface area contributed by atoms with Crippen molar-refractivity contribution < 1.29 is 4.74 Å². The first kappa shape index (κ1) is 12.6. The zero-order valence-corrected chi connectivity index (χ0v) is 11.3. The van der Waals surface area contributed by atoms with E-state index in [4.69, 9.17) is 10.5 Å². The number of nitrogens with zero attached hydrogens (tertiary/aromatic N) is 3. The molecule has 0 atom stereocenters. The Morgan fingerprint density at radius 1 is 1.39 bits per heavy atom. The number of nitrogens with two attached hydrogens (primary N) is 1. The first-order valence-electron chi connectivity index (χ1n) is 5.33. The third kappa shape index (κ3) is 3.30. The maximum Gasteiger partial charge on any atom is 0.230 e. The van der Waals surface area contributed by atoms with Crippen LogP contribution >= 0.6 is 15.9 Å². The van der Waals surface area contributed by atoms with Crippen molar-refractivity contribution in [3.63, 3.8) is 0 Å². The van der Waals surface area contributed by atoms with Crippen LogP contribution < -0.4 is 15.8 Å². The fraction of sp³-hybridized carbons (Fsp3) is 0.182. The fourth-order valence-electron chi connectivity index (χ4n) is 1.31. The van der Waals surface area contributed by atoms with E-state index in [0.717, 1.165) is 5.69 Å². The summed E-state index contributed by atoms with van der Waals surface area (Å²) in [6.07, 6.45) is 1.64. The van der Waals surface area contributed by atoms with Gasteiger partial charge in [-0.15, -0.1) is 0 Å². The van der Waals surface area contributed by atoms with E-state index in [0.29, 0.717) is 28.9 Å². The van der Waals surface area contributed by atoms with Crippen LogP contribution in [0.25, 0.3) is 0 Å². The van der Waals surface area contributed by atoms with Gasteiger partial charge in [0.25, 0.3) is 0 Å². The van der Waals surface area contributed by atoms with Gasteiger partial charge in [0.2, 0.25) is 11.8 Å². The summed E-state index contributed by atoms with van der Waals surface area (Å²) in [5.74, 6) is 1.38. The van der Waals surface area contributed by atoms with E-state index in [9.17, 15) is 0 Å². The predicted octanol–water partition coefficient (Wildman–Crippen LogP) is 2.36. The van der Waals surface area contributed by atoms with Crippen molar-refractivity contribution in [1.82, 2.24) is 15.0 Å². The zero-order chi connectivity index (χ0) is 13.0. The zero-order valence-electron chi connectivity index (χ0n) is 9.72. The number of hydrogen-bond donors (Lipinski definition) is 2. The number of aromatic nitrogens is 3. The Balaban J connectivity index is 2.13. The van der Waals surface area contributed by atoms with Gasteiger partial charge in [0.1, 0.15) is 10.4 Å². The quantitative estimate of drug-likeness (QED) is 0.843. The molecule has 0 bridgehead atoms. The van der Waals surface area contributed by atoms with Crippen LogP contribution in [0.3, 0.4) is 0 Å². The molecule has 94 valence electrons. The topological polar surface area (TPSA) is 86.0 Å². The second-order valence-electron chi connectivity index (χ2n) is 3.38. The molecule has 0 aliphatic rings. The van der Waals surface area contributed by atoms with E-state index in [1.54, 1.807) is 18.3 Å². The molecule has 3 N–H and O–H groups in total. The first-order valence-corrected chi connectivity index (χ1v) is 6.12. The lowest BCUT2D eigenvalue weighted by Gasteiger charge is -2.06. The van der Waals surface area contributed by atoms with Gasteiger partial charge in [-0.3, -0.25) is 0 Å². The highest BCUT2D eigenvalue weighted by Crippen LogP contribution is 2.18. The number of nitrogens with one attached hydrogen (secondary N) is 1. The Labute approximate surface area is 113 Å². The first-order chi connectivity index (χ1) is 8.67. The molecule has 2 aromatic heterocycles. The summed E-state index contributed by atoms with van der Waals surface area (Å²) in [5, 5.41) is 3.00. The van der Waals surface area contributed by atoms with Crippen LogP contribution in [0, 0.1) is 0 Å². The van der Waals surface area contributed by atoms with E-state index in [2.05, 4.69) is 36.2 Å². The molecule has 0 amide bonds. The summed E-state index contributed by atoms with van der Waals surface area (Å²) >= 11 is 3.25. The smallest absolute Gasteiger partial charge is 0.230 e. The summed E-state index contributed by atoms with van der Waals surface area (Å²) in [7, 11) is 0. The van der Waals surface area contributed by atoms with Gasteiger partial charge in [0.15, 0.2) is 0 Å². The van der Waals surface area contributed by atoms with Crippen LogP contribution in [0.1, 0.15) is 6.92 Å². The molecule has 2 heterocycles. The molecule has 2 aromatic rings. The summed E-state index contributed by atoms with van der Waals surface area (Å²) in [6, 6.07) is 5.23. The van der Waals surface area contributed by atoms with Crippen LogP contribution in [0.4, 0.5) is 17.5 Å². The molecule has 18 heavy (non-hydrogen) atoms. The lowest BCUT2D eigenvalue weighted by molar-refractivity contribution is 0.327. The van der Waals surface area contributed by atoms with Crippen molar-refractivity contribution in [1.29, 1.82) is 0 Å². The fourth-order valence-corrected chi connectivity index (χ4v) is 1.71. The van der Waals surface area contributed by atoms with E-state index in [-0.39, 0.29) is 0 Å². The number of rotatable bonds is 4. The molecule has 0 saturated carbocycles. The average molecular weight is 310 g/mol. The molecule has 0 spiro atoms. The van der Waals surface area contributed by atoms with Gasteiger partial charge < -0.3 is 15.8 Å². The van der Waals surface area contributed by atoms with Gasteiger partial charge in [0.05, 0.1) is 18.5 Å². The maximum atomic E-state index is 5.62. The van der Waals surface area contributed by atoms with Gasteiger partial charge in [0, 0.05) is 12.1 Å². The van der Waals surface area contributed by atoms with Crippen molar-refractivity contribution in [2.75, 3.05) is 17.7 Å². The number of nitrogen functional groups attached to an aromatic ring is 1. The summed E-state index contributed by atoms with van der Waals surface area (Å²) in [4.78, 5) is 12.3. The Kier molecular flexibility index (Phi) is 3.93. The molecule has 2 rings (SSSR count). The van der Waals surface area contributed by atoms with Crippen molar-refractivity contribution in [3.05, 3.63) is 29.0 Å². The molecular formula is C11H12BrN5O. The highest BCUT2D eigenvalue weighted by Gasteiger charge is 2.02. The number of anilines is 3. The van der Waals surface area contributed by atoms with Crippen molar-refractivity contribution in [2.45, 2.75) is 6.92 Å². The van der Waals surface area contributed by atoms with Gasteiger partial charge in [-0.25, -0.2) is 9.97 Å². The number of pyridine rings is 1. The van der Waals surface area contributed by atoms with Crippen molar-refractivity contribution >= 4 is 33.4 Å². The Morgan fingerprint density at radius 2 is 2.22 bits per heavy atom. The van der Waals surface area contributed by atoms with E-state index >= 15 is 0 Å². The molecule has 0 aromatic carbocycles. The number of hydrogen-bond acceptors (Lipinski definition) is 6. The minimum atomic E-state index is 0.387. The molecule has 0 aliphatic carbocycles. The van der Waals surface area contributed by atoms with Gasteiger partial charge in [-0.2, -0.15) is 4.98 Å². The molecule has 0 aliphatic heterocycles. The predicted molar refractivity (Wildman–Crippen MR) is 72.8 cm³/mol. The van der Waals surface area contributed by atoms with E-state index < -0.39 is 0 Å². The lowest BCUT2D eigenvalue weighted by atomic mass is 10.4. The standard InChI is InChI=1S/C11H12BrN5O/c1-2-18-10-4-3-7(6-14-10)15-11-16-8(12)5-9(13)17-11/h3-6H,2H2,1H3,(H3,13,15,16,17). The molecule has 7 heteroatoms. The van der Waals surface area contributed by atoms with Crippen molar-refractivity contribution in [2.24, 2.45) is 0 Å². The third-order valence-electron chi connectivity index (χ3n) is 2.00. The molecule has 0 fully saturated rings. The highest BCUT2D eigenvalue weighted by atomic mass is 79.9. The van der Waals surface area contributed by atoms with Crippen LogP contribution in [0.2, 0.25) is 0 Å². The highest BCUT2D eigenvalue weighted by molar-refractivity contribution is 9.10. The third-order valence-corrected chi connectivity index (χ3v) is 2.41.